The van der Waals surface area contributed by atoms with Gasteiger partial charge in [-0.1, -0.05) is 54.1 Å². The largest absolute Gasteiger partial charge is 0.456 e. The quantitative estimate of drug-likeness (QED) is 0.202. The molecule has 0 saturated carbocycles. The Kier molecular flexibility index (Phi) is 4.57. The summed E-state index contributed by atoms with van der Waals surface area (Å²) < 4.78 is 10.8. The molecule has 196 valence electrons. The smallest absolute Gasteiger partial charge is 0.188 e. The van der Waals surface area contributed by atoms with E-state index < -0.39 is 0 Å². The number of benzene rings is 6. The fraction of sp³-hybridized carbons (Fsp3) is 0.0263. The van der Waals surface area contributed by atoms with Crippen molar-refractivity contribution in [2.75, 3.05) is 0 Å². The number of nitrogens with zero attached hydrogens (tertiary/aromatic N) is 3. The Morgan fingerprint density at radius 1 is 0.500 bits per heavy atom. The number of aryl methyl sites for hydroxylation is 1. The highest BCUT2D eigenvalue weighted by molar-refractivity contribution is 6.13. The van der Waals surface area contributed by atoms with Gasteiger partial charge in [0.2, 0.25) is 0 Å². The molecule has 0 spiro atoms. The molecule has 6 aromatic carbocycles. The monoisotopic (exact) mass is 537 g/mol. The third kappa shape index (κ3) is 3.11. The molecule has 0 aliphatic carbocycles. The van der Waals surface area contributed by atoms with Crippen LogP contribution in [0.15, 0.2) is 126 Å². The first-order valence-corrected chi connectivity index (χ1v) is 14.1. The van der Waals surface area contributed by atoms with Crippen molar-refractivity contribution >= 4 is 71.2 Å². The Bertz CT molecular complexity index is 2600. The van der Waals surface area contributed by atoms with Crippen molar-refractivity contribution in [1.29, 1.82) is 0 Å². The fourth-order valence-corrected chi connectivity index (χ4v) is 6.71. The maximum absolute atomic E-state index is 7.53. The van der Waals surface area contributed by atoms with E-state index in [-0.39, 0.29) is 0 Å². The second-order valence-electron chi connectivity index (χ2n) is 11.0. The molecule has 4 nitrogen and oxygen atoms in total. The number of hydrogen-bond donors (Lipinski definition) is 0. The summed E-state index contributed by atoms with van der Waals surface area (Å²) in [6, 6.07) is 42.7. The zero-order valence-electron chi connectivity index (χ0n) is 22.8. The molecular weight excluding hydrogens is 514 g/mol. The van der Waals surface area contributed by atoms with Crippen LogP contribution in [-0.4, -0.2) is 9.13 Å². The average Bonchev–Trinajstić information content (AvgIpc) is 3.67. The first kappa shape index (κ1) is 23.0. The lowest BCUT2D eigenvalue weighted by molar-refractivity contribution is 0.669. The molecule has 0 aliphatic heterocycles. The second kappa shape index (κ2) is 8.36. The molecule has 4 heteroatoms. The molecular formula is C38H23N3O. The Labute approximate surface area is 241 Å². The minimum absolute atomic E-state index is 0.654. The van der Waals surface area contributed by atoms with E-state index in [1.165, 1.54) is 16.3 Å². The first-order valence-electron chi connectivity index (χ1n) is 14.1. The number of furan rings is 1. The molecule has 0 amide bonds. The number of hydrogen-bond acceptors (Lipinski definition) is 1. The Hall–Kier alpha value is -5.79. The highest BCUT2D eigenvalue weighted by Crippen LogP contribution is 2.39. The van der Waals surface area contributed by atoms with Gasteiger partial charge in [0.05, 0.1) is 28.6 Å². The molecule has 0 bridgehead atoms. The van der Waals surface area contributed by atoms with Gasteiger partial charge >= 0.3 is 0 Å². The molecule has 0 fully saturated rings. The van der Waals surface area contributed by atoms with Gasteiger partial charge in [0.15, 0.2) is 5.69 Å². The van der Waals surface area contributed by atoms with Crippen LogP contribution >= 0.6 is 0 Å². The molecule has 0 aliphatic rings. The Morgan fingerprint density at radius 2 is 1.02 bits per heavy atom. The van der Waals surface area contributed by atoms with Crippen LogP contribution in [-0.2, 0) is 0 Å². The van der Waals surface area contributed by atoms with Crippen molar-refractivity contribution in [2.45, 2.75) is 6.92 Å². The van der Waals surface area contributed by atoms with E-state index in [0.29, 0.717) is 5.69 Å². The van der Waals surface area contributed by atoms with Gasteiger partial charge in [-0.05, 0) is 85.1 Å². The predicted octanol–water partition coefficient (Wildman–Crippen LogP) is 10.6. The van der Waals surface area contributed by atoms with Crippen LogP contribution in [0, 0.1) is 13.5 Å². The lowest BCUT2D eigenvalue weighted by atomic mass is 10.1. The summed E-state index contributed by atoms with van der Waals surface area (Å²) in [7, 11) is 0. The van der Waals surface area contributed by atoms with E-state index in [9.17, 15) is 0 Å². The molecule has 0 N–H and O–H groups in total. The number of fused-ring (bicyclic) bond motifs is 9. The molecule has 9 aromatic rings. The summed E-state index contributed by atoms with van der Waals surface area (Å²) in [5.74, 6) is 0. The molecule has 42 heavy (non-hydrogen) atoms. The average molecular weight is 538 g/mol. The van der Waals surface area contributed by atoms with Crippen LogP contribution < -0.4 is 0 Å². The number of para-hydroxylation sites is 2. The zero-order valence-corrected chi connectivity index (χ0v) is 22.8. The van der Waals surface area contributed by atoms with Crippen LogP contribution in [0.5, 0.6) is 0 Å². The van der Waals surface area contributed by atoms with Crippen LogP contribution in [0.25, 0.3) is 81.8 Å². The minimum atomic E-state index is 0.654. The van der Waals surface area contributed by atoms with Crippen molar-refractivity contribution in [3.05, 3.63) is 138 Å². The van der Waals surface area contributed by atoms with Gasteiger partial charge < -0.3 is 13.6 Å². The van der Waals surface area contributed by atoms with Crippen molar-refractivity contribution in [3.63, 3.8) is 0 Å². The molecule has 0 atom stereocenters. The van der Waals surface area contributed by atoms with E-state index in [1.807, 2.05) is 12.1 Å². The van der Waals surface area contributed by atoms with Crippen LogP contribution in [0.3, 0.4) is 0 Å². The van der Waals surface area contributed by atoms with Crippen LogP contribution in [0.2, 0.25) is 0 Å². The van der Waals surface area contributed by atoms with Gasteiger partial charge in [0.1, 0.15) is 11.2 Å². The van der Waals surface area contributed by atoms with Gasteiger partial charge in [0, 0.05) is 38.3 Å². The highest BCUT2D eigenvalue weighted by Gasteiger charge is 2.17. The van der Waals surface area contributed by atoms with E-state index in [1.54, 1.807) is 0 Å². The molecule has 3 aromatic heterocycles. The Balaban J connectivity index is 1.32. The van der Waals surface area contributed by atoms with E-state index in [0.717, 1.165) is 66.2 Å². The summed E-state index contributed by atoms with van der Waals surface area (Å²) in [5.41, 5.74) is 10.4. The summed E-state index contributed by atoms with van der Waals surface area (Å²) in [5, 5.41) is 6.91. The summed E-state index contributed by atoms with van der Waals surface area (Å²) in [4.78, 5) is 3.68. The number of aromatic nitrogens is 2. The lowest BCUT2D eigenvalue weighted by Crippen LogP contribution is -1.95. The standard InChI is InChI=1S/C38H23N3O/c1-23-11-17-37-31(19-23)32-22-26(14-18-38(32)42-37)41-34-10-6-4-8-28(34)30-21-25(13-16-36(30)41)40-33-9-5-3-7-27(33)29-20-24(39-2)12-15-35(29)40/h3-22H,1H3. The van der Waals surface area contributed by atoms with E-state index in [2.05, 4.69) is 130 Å². The highest BCUT2D eigenvalue weighted by atomic mass is 16.3. The van der Waals surface area contributed by atoms with Crippen molar-refractivity contribution in [2.24, 2.45) is 0 Å². The maximum Gasteiger partial charge on any atom is 0.188 e. The van der Waals surface area contributed by atoms with Crippen molar-refractivity contribution in [1.82, 2.24) is 9.13 Å². The predicted molar refractivity (Wildman–Crippen MR) is 173 cm³/mol. The Morgan fingerprint density at radius 3 is 1.71 bits per heavy atom. The first-order chi connectivity index (χ1) is 20.7. The van der Waals surface area contributed by atoms with Gasteiger partial charge in [-0.15, -0.1) is 0 Å². The SMILES string of the molecule is [C-]#[N+]c1ccc2c(c1)c1ccccc1n2-c1ccc2c(c1)c1ccccc1n2-c1ccc2oc3ccc(C)cc3c2c1. The minimum Gasteiger partial charge on any atom is -0.456 e. The van der Waals surface area contributed by atoms with Crippen molar-refractivity contribution < 1.29 is 4.42 Å². The van der Waals surface area contributed by atoms with Crippen LogP contribution in [0.1, 0.15) is 5.56 Å². The lowest BCUT2D eigenvalue weighted by Gasteiger charge is -2.10. The molecule has 0 unspecified atom stereocenters. The van der Waals surface area contributed by atoms with E-state index >= 15 is 0 Å². The number of rotatable bonds is 2. The normalized spacial score (nSPS) is 11.9. The van der Waals surface area contributed by atoms with Gasteiger partial charge in [0.25, 0.3) is 0 Å². The summed E-state index contributed by atoms with van der Waals surface area (Å²) >= 11 is 0. The third-order valence-electron chi connectivity index (χ3n) is 8.57. The molecule has 3 heterocycles. The second-order valence-corrected chi connectivity index (χ2v) is 11.0. The van der Waals surface area contributed by atoms with Crippen LogP contribution in [0.4, 0.5) is 5.69 Å². The van der Waals surface area contributed by atoms with E-state index in [4.69, 9.17) is 11.0 Å². The summed E-state index contributed by atoms with van der Waals surface area (Å²) in [6.07, 6.45) is 0. The third-order valence-corrected chi connectivity index (χ3v) is 8.57. The maximum atomic E-state index is 7.53. The van der Waals surface area contributed by atoms with Gasteiger partial charge in [-0.25, -0.2) is 4.85 Å². The topological polar surface area (TPSA) is 27.4 Å². The van der Waals surface area contributed by atoms with Gasteiger partial charge in [-0.2, -0.15) is 0 Å². The summed E-state index contributed by atoms with van der Waals surface area (Å²) in [6.45, 7) is 9.65. The molecule has 0 radical (unpaired) electrons. The molecule has 9 rings (SSSR count). The zero-order chi connectivity index (χ0) is 27.9. The van der Waals surface area contributed by atoms with Gasteiger partial charge in [-0.3, -0.25) is 0 Å². The van der Waals surface area contributed by atoms with Crippen molar-refractivity contribution in [3.8, 4) is 11.4 Å². The molecule has 0 saturated heterocycles. The fourth-order valence-electron chi connectivity index (χ4n) is 6.71.